The molecule has 0 atom stereocenters. The zero-order valence-corrected chi connectivity index (χ0v) is 17.9. The predicted molar refractivity (Wildman–Crippen MR) is 123 cm³/mol. The second-order valence-corrected chi connectivity index (χ2v) is 7.07. The van der Waals surface area contributed by atoms with E-state index in [0.717, 1.165) is 12.0 Å². The van der Waals surface area contributed by atoms with Crippen LogP contribution in [0.2, 0.25) is 5.02 Å². The predicted octanol–water partition coefficient (Wildman–Crippen LogP) is 4.21. The Kier molecular flexibility index (Phi) is 7.72. The normalized spacial score (nSPS) is 10.6. The molecule has 0 heterocycles. The van der Waals surface area contributed by atoms with Gasteiger partial charge in [-0.2, -0.15) is 5.10 Å². The van der Waals surface area contributed by atoms with Crippen LogP contribution in [0.4, 0.5) is 5.69 Å². The van der Waals surface area contributed by atoms with Gasteiger partial charge in [0.1, 0.15) is 5.75 Å². The zero-order chi connectivity index (χ0) is 22.9. The molecule has 162 valence electrons. The number of carbonyl (C=O) groups is 3. The van der Waals surface area contributed by atoms with Crippen LogP contribution in [-0.2, 0) is 16.0 Å². The molecule has 0 bridgehead atoms. The first-order valence-electron chi connectivity index (χ1n) is 9.76. The molecule has 0 aromatic heterocycles. The molecule has 3 aromatic carbocycles. The number of hydrogen-bond donors (Lipinski definition) is 2. The van der Waals surface area contributed by atoms with E-state index < -0.39 is 17.8 Å². The van der Waals surface area contributed by atoms with Crippen molar-refractivity contribution in [3.8, 4) is 5.75 Å². The fraction of sp³-hybridized carbons (Fsp3) is 0.0833. The first-order chi connectivity index (χ1) is 15.5. The highest BCUT2D eigenvalue weighted by molar-refractivity contribution is 6.39. The van der Waals surface area contributed by atoms with Crippen molar-refractivity contribution >= 4 is 41.3 Å². The minimum absolute atomic E-state index is 0.338. The number of carbonyl (C=O) groups excluding carboxylic acids is 3. The van der Waals surface area contributed by atoms with Gasteiger partial charge in [-0.15, -0.1) is 0 Å². The number of esters is 1. The van der Waals surface area contributed by atoms with Crippen molar-refractivity contribution < 1.29 is 19.1 Å². The summed E-state index contributed by atoms with van der Waals surface area (Å²) in [7, 11) is 0. The van der Waals surface area contributed by atoms with Crippen LogP contribution in [0.25, 0.3) is 0 Å². The Morgan fingerprint density at radius 2 is 1.72 bits per heavy atom. The number of aryl methyl sites for hydroxylation is 1. The number of amides is 2. The van der Waals surface area contributed by atoms with E-state index in [4.69, 9.17) is 16.3 Å². The number of anilines is 1. The summed E-state index contributed by atoms with van der Waals surface area (Å²) in [4.78, 5) is 36.2. The Morgan fingerprint density at radius 3 is 2.44 bits per heavy atom. The first kappa shape index (κ1) is 22.7. The molecular weight excluding hydrogens is 430 g/mol. The standard InChI is InChI=1S/C24H20ClN3O4/c1-2-17-6-3-4-9-21(17)27-22(29)23(30)28-26-15-16-10-12-20(13-11-16)32-24(31)18-7-5-8-19(25)14-18/h3-15H,2H2,1H3,(H,27,29)(H,28,30). The number of halogens is 1. The average molecular weight is 450 g/mol. The number of rotatable bonds is 6. The van der Waals surface area contributed by atoms with Crippen LogP contribution in [0.5, 0.6) is 5.75 Å². The van der Waals surface area contributed by atoms with Gasteiger partial charge in [0.15, 0.2) is 0 Å². The molecule has 2 N–H and O–H groups in total. The molecule has 0 spiro atoms. The highest BCUT2D eigenvalue weighted by Gasteiger charge is 2.14. The van der Waals surface area contributed by atoms with E-state index >= 15 is 0 Å². The Morgan fingerprint density at radius 1 is 0.969 bits per heavy atom. The largest absolute Gasteiger partial charge is 0.423 e. The lowest BCUT2D eigenvalue weighted by Gasteiger charge is -2.08. The summed E-state index contributed by atoms with van der Waals surface area (Å²) in [6.07, 6.45) is 2.09. The topological polar surface area (TPSA) is 96.9 Å². The molecule has 0 radical (unpaired) electrons. The summed E-state index contributed by atoms with van der Waals surface area (Å²) < 4.78 is 5.30. The van der Waals surface area contributed by atoms with Crippen LogP contribution in [0, 0.1) is 0 Å². The second kappa shape index (κ2) is 10.9. The Hall–Kier alpha value is -3.97. The first-order valence-corrected chi connectivity index (χ1v) is 10.1. The molecular formula is C24H20ClN3O4. The van der Waals surface area contributed by atoms with Gasteiger partial charge in [-0.1, -0.05) is 42.8 Å². The van der Waals surface area contributed by atoms with E-state index in [0.29, 0.717) is 27.6 Å². The number of para-hydroxylation sites is 1. The molecule has 3 rings (SSSR count). The third-order valence-electron chi connectivity index (χ3n) is 4.38. The number of benzene rings is 3. The monoisotopic (exact) mass is 449 g/mol. The van der Waals surface area contributed by atoms with E-state index in [-0.39, 0.29) is 0 Å². The average Bonchev–Trinajstić information content (AvgIpc) is 2.80. The fourth-order valence-corrected chi connectivity index (χ4v) is 2.94. The summed E-state index contributed by atoms with van der Waals surface area (Å²) in [5.74, 6) is -1.90. The maximum atomic E-state index is 12.1. The molecule has 32 heavy (non-hydrogen) atoms. The third-order valence-corrected chi connectivity index (χ3v) is 4.62. The van der Waals surface area contributed by atoms with Gasteiger partial charge in [0.05, 0.1) is 11.8 Å². The van der Waals surface area contributed by atoms with E-state index in [1.54, 1.807) is 54.6 Å². The van der Waals surface area contributed by atoms with E-state index in [2.05, 4.69) is 15.8 Å². The van der Waals surface area contributed by atoms with Gasteiger partial charge in [0, 0.05) is 10.7 Å². The van der Waals surface area contributed by atoms with E-state index in [1.165, 1.54) is 12.3 Å². The lowest BCUT2D eigenvalue weighted by atomic mass is 10.1. The fourth-order valence-electron chi connectivity index (χ4n) is 2.75. The molecule has 0 aliphatic carbocycles. The van der Waals surface area contributed by atoms with Crippen molar-refractivity contribution in [3.63, 3.8) is 0 Å². The van der Waals surface area contributed by atoms with Gasteiger partial charge in [0.2, 0.25) is 0 Å². The quantitative estimate of drug-likeness (QED) is 0.194. The minimum Gasteiger partial charge on any atom is -0.423 e. The highest BCUT2D eigenvalue weighted by Crippen LogP contribution is 2.16. The van der Waals surface area contributed by atoms with Crippen molar-refractivity contribution in [1.82, 2.24) is 5.43 Å². The summed E-state index contributed by atoms with van der Waals surface area (Å²) in [5.41, 5.74) is 4.66. The lowest BCUT2D eigenvalue weighted by Crippen LogP contribution is -2.32. The summed E-state index contributed by atoms with van der Waals surface area (Å²) >= 11 is 5.88. The molecule has 0 unspecified atom stereocenters. The van der Waals surface area contributed by atoms with Gasteiger partial charge in [0.25, 0.3) is 0 Å². The van der Waals surface area contributed by atoms with E-state index in [9.17, 15) is 14.4 Å². The van der Waals surface area contributed by atoms with Crippen LogP contribution in [-0.4, -0.2) is 24.0 Å². The van der Waals surface area contributed by atoms with Gasteiger partial charge in [-0.05, 0) is 66.1 Å². The second-order valence-electron chi connectivity index (χ2n) is 6.63. The Labute approximate surface area is 190 Å². The molecule has 0 fully saturated rings. The van der Waals surface area contributed by atoms with Crippen LogP contribution >= 0.6 is 11.6 Å². The number of hydrazone groups is 1. The summed E-state index contributed by atoms with van der Waals surface area (Å²) in [6.45, 7) is 1.96. The zero-order valence-electron chi connectivity index (χ0n) is 17.2. The lowest BCUT2D eigenvalue weighted by molar-refractivity contribution is -0.136. The van der Waals surface area contributed by atoms with Crippen LogP contribution < -0.4 is 15.5 Å². The van der Waals surface area contributed by atoms with Crippen molar-refractivity contribution in [1.29, 1.82) is 0 Å². The Bertz CT molecular complexity index is 1160. The molecule has 0 aliphatic heterocycles. The van der Waals surface area contributed by atoms with Crippen LogP contribution in [0.1, 0.15) is 28.4 Å². The summed E-state index contributed by atoms with van der Waals surface area (Å²) in [5, 5.41) is 6.80. The van der Waals surface area contributed by atoms with Gasteiger partial charge >= 0.3 is 17.8 Å². The van der Waals surface area contributed by atoms with Crippen molar-refractivity contribution in [2.24, 2.45) is 5.10 Å². The van der Waals surface area contributed by atoms with Gasteiger partial charge in [-0.3, -0.25) is 9.59 Å². The van der Waals surface area contributed by atoms with Crippen molar-refractivity contribution in [2.75, 3.05) is 5.32 Å². The van der Waals surface area contributed by atoms with Gasteiger partial charge < -0.3 is 10.1 Å². The number of nitrogens with zero attached hydrogens (tertiary/aromatic N) is 1. The van der Waals surface area contributed by atoms with Crippen molar-refractivity contribution in [2.45, 2.75) is 13.3 Å². The smallest absolute Gasteiger partial charge is 0.343 e. The SMILES string of the molecule is CCc1ccccc1NC(=O)C(=O)NN=Cc1ccc(OC(=O)c2cccc(Cl)c2)cc1. The third kappa shape index (κ3) is 6.26. The maximum Gasteiger partial charge on any atom is 0.343 e. The van der Waals surface area contributed by atoms with Gasteiger partial charge in [-0.25, -0.2) is 10.2 Å². The highest BCUT2D eigenvalue weighted by atomic mass is 35.5. The number of nitrogens with one attached hydrogen (secondary N) is 2. The number of ether oxygens (including phenoxy) is 1. The molecule has 0 saturated heterocycles. The molecule has 3 aromatic rings. The maximum absolute atomic E-state index is 12.1. The molecule has 2 amide bonds. The Balaban J connectivity index is 1.52. The van der Waals surface area contributed by atoms with E-state index in [1.807, 2.05) is 19.1 Å². The van der Waals surface area contributed by atoms with Crippen LogP contribution in [0.15, 0.2) is 77.9 Å². The summed E-state index contributed by atoms with van der Waals surface area (Å²) in [6, 6.07) is 20.2. The molecule has 8 heteroatoms. The molecule has 7 nitrogen and oxygen atoms in total. The molecule has 0 saturated carbocycles. The minimum atomic E-state index is -0.890. The van der Waals surface area contributed by atoms with Crippen molar-refractivity contribution in [3.05, 3.63) is 94.5 Å². The molecule has 0 aliphatic rings. The van der Waals surface area contributed by atoms with Crippen LogP contribution in [0.3, 0.4) is 0 Å². The number of hydrogen-bond acceptors (Lipinski definition) is 5.